The molecule has 0 saturated carbocycles. The predicted molar refractivity (Wildman–Crippen MR) is 82.6 cm³/mol. The van der Waals surface area contributed by atoms with Crippen LogP contribution in [0.25, 0.3) is 11.0 Å². The zero-order chi connectivity index (χ0) is 14.3. The van der Waals surface area contributed by atoms with Gasteiger partial charge in [-0.25, -0.2) is 4.98 Å². The Hall–Kier alpha value is -0.770. The van der Waals surface area contributed by atoms with E-state index in [0.717, 1.165) is 41.3 Å². The fourth-order valence-corrected chi connectivity index (χ4v) is 3.39. The molecule has 3 rings (SSSR count). The fourth-order valence-electron chi connectivity index (χ4n) is 3.04. The Labute approximate surface area is 128 Å². The highest BCUT2D eigenvalue weighted by Gasteiger charge is 2.31. The number of hydrogen-bond acceptors (Lipinski definition) is 2. The number of rotatable bonds is 2. The third-order valence-corrected chi connectivity index (χ3v) is 4.35. The van der Waals surface area contributed by atoms with Crippen molar-refractivity contribution in [2.75, 3.05) is 6.61 Å². The summed E-state index contributed by atoms with van der Waals surface area (Å²) in [4.78, 5) is 4.63. The van der Waals surface area contributed by atoms with E-state index in [4.69, 9.17) is 27.9 Å². The highest BCUT2D eigenvalue weighted by molar-refractivity contribution is 6.31. The van der Waals surface area contributed by atoms with Crippen molar-refractivity contribution in [2.45, 2.75) is 44.2 Å². The maximum Gasteiger partial charge on any atom is 0.125 e. The van der Waals surface area contributed by atoms with Gasteiger partial charge in [0.1, 0.15) is 5.82 Å². The van der Waals surface area contributed by atoms with Crippen molar-refractivity contribution >= 4 is 34.2 Å². The quantitative estimate of drug-likeness (QED) is 0.760. The molecule has 0 amide bonds. The first kappa shape index (κ1) is 14.2. The minimum absolute atomic E-state index is 0.109. The summed E-state index contributed by atoms with van der Waals surface area (Å²) in [5.41, 5.74) is 1.91. The van der Waals surface area contributed by atoms with Crippen molar-refractivity contribution in [3.05, 3.63) is 29.0 Å². The van der Waals surface area contributed by atoms with Crippen LogP contribution in [-0.4, -0.2) is 21.8 Å². The first-order chi connectivity index (χ1) is 9.50. The summed E-state index contributed by atoms with van der Waals surface area (Å²) in [6.07, 6.45) is 1.93. The van der Waals surface area contributed by atoms with Crippen molar-refractivity contribution in [1.29, 1.82) is 0 Å². The lowest BCUT2D eigenvalue weighted by Crippen LogP contribution is -2.35. The summed E-state index contributed by atoms with van der Waals surface area (Å²) in [7, 11) is 0. The number of nitrogens with zero attached hydrogens (tertiary/aromatic N) is 2. The van der Waals surface area contributed by atoms with Gasteiger partial charge >= 0.3 is 0 Å². The monoisotopic (exact) mass is 312 g/mol. The zero-order valence-corrected chi connectivity index (χ0v) is 13.2. The summed E-state index contributed by atoms with van der Waals surface area (Å²) in [6, 6.07) is 6.15. The van der Waals surface area contributed by atoms with Gasteiger partial charge in [0.15, 0.2) is 0 Å². The summed E-state index contributed by atoms with van der Waals surface area (Å²) in [5.74, 6) is 1.32. The van der Waals surface area contributed by atoms with Gasteiger partial charge in [-0.05, 0) is 44.9 Å². The molecule has 1 saturated heterocycles. The largest absolute Gasteiger partial charge is 0.375 e. The maximum atomic E-state index is 6.14. The molecule has 1 atom stereocenters. The molecule has 1 aromatic carbocycles. The van der Waals surface area contributed by atoms with Crippen LogP contribution in [0.2, 0.25) is 5.02 Å². The lowest BCUT2D eigenvalue weighted by atomic mass is 9.93. The zero-order valence-electron chi connectivity index (χ0n) is 11.7. The van der Waals surface area contributed by atoms with Gasteiger partial charge in [-0.2, -0.15) is 0 Å². The molecule has 20 heavy (non-hydrogen) atoms. The summed E-state index contributed by atoms with van der Waals surface area (Å²) < 4.78 is 8.06. The molecule has 1 aromatic heterocycles. The number of halogens is 2. The predicted octanol–water partition coefficient (Wildman–Crippen LogP) is 4.56. The minimum atomic E-state index is -0.109. The summed E-state index contributed by atoms with van der Waals surface area (Å²) in [6.45, 7) is 5.02. The van der Waals surface area contributed by atoms with Gasteiger partial charge in [0.25, 0.3) is 0 Å². The molecule has 108 valence electrons. The summed E-state index contributed by atoms with van der Waals surface area (Å²) in [5, 5.41) is 0.728. The van der Waals surface area contributed by atoms with Crippen molar-refractivity contribution in [3.8, 4) is 0 Å². The van der Waals surface area contributed by atoms with E-state index in [1.54, 1.807) is 0 Å². The van der Waals surface area contributed by atoms with E-state index in [0.29, 0.717) is 11.9 Å². The molecule has 1 unspecified atom stereocenters. The summed E-state index contributed by atoms with van der Waals surface area (Å²) >= 11 is 12.2. The Kier molecular flexibility index (Phi) is 3.69. The third kappa shape index (κ3) is 2.54. The van der Waals surface area contributed by atoms with E-state index in [-0.39, 0.29) is 5.60 Å². The highest BCUT2D eigenvalue weighted by atomic mass is 35.5. The first-order valence-electron chi connectivity index (χ1n) is 6.86. The van der Waals surface area contributed by atoms with Crippen LogP contribution in [0.3, 0.4) is 0 Å². The molecule has 1 aliphatic rings. The Morgan fingerprint density at radius 1 is 1.45 bits per heavy atom. The average Bonchev–Trinajstić information content (AvgIpc) is 2.75. The van der Waals surface area contributed by atoms with Crippen LogP contribution in [0.15, 0.2) is 18.2 Å². The lowest BCUT2D eigenvalue weighted by molar-refractivity contribution is -0.0687. The van der Waals surface area contributed by atoms with Crippen molar-refractivity contribution < 1.29 is 4.74 Å². The second-order valence-corrected chi connectivity index (χ2v) is 6.62. The molecule has 0 N–H and O–H groups in total. The fraction of sp³-hybridized carbons (Fsp3) is 0.533. The molecular formula is C15H18Cl2N2O. The standard InChI is InChI=1S/C15H18Cl2N2O/c1-15(2)8-11(5-6-20-15)19-13-7-10(17)3-4-12(13)18-14(19)9-16/h3-4,7,11H,5-6,8-9H2,1-2H3. The van der Waals surface area contributed by atoms with Gasteiger partial charge in [-0.3, -0.25) is 0 Å². The molecule has 0 radical (unpaired) electrons. The third-order valence-electron chi connectivity index (χ3n) is 3.88. The van der Waals surface area contributed by atoms with Crippen LogP contribution < -0.4 is 0 Å². The highest BCUT2D eigenvalue weighted by Crippen LogP contribution is 2.36. The maximum absolute atomic E-state index is 6.14. The molecule has 0 aliphatic carbocycles. The second kappa shape index (κ2) is 5.21. The van der Waals surface area contributed by atoms with Gasteiger partial charge in [0.05, 0.1) is 22.5 Å². The molecule has 2 aromatic rings. The molecule has 5 heteroatoms. The number of hydrogen-bond donors (Lipinski definition) is 0. The Balaban J connectivity index is 2.11. The first-order valence-corrected chi connectivity index (χ1v) is 7.78. The average molecular weight is 313 g/mol. The lowest BCUT2D eigenvalue weighted by Gasteiger charge is -2.36. The van der Waals surface area contributed by atoms with Gasteiger partial charge in [-0.15, -0.1) is 11.6 Å². The van der Waals surface area contributed by atoms with Gasteiger partial charge < -0.3 is 9.30 Å². The number of alkyl halides is 1. The van der Waals surface area contributed by atoms with E-state index in [1.807, 2.05) is 18.2 Å². The van der Waals surface area contributed by atoms with Crippen LogP contribution in [0.5, 0.6) is 0 Å². The number of fused-ring (bicyclic) bond motifs is 1. The van der Waals surface area contributed by atoms with Gasteiger partial charge in [-0.1, -0.05) is 11.6 Å². The molecule has 0 bridgehead atoms. The Bertz CT molecular complexity index is 636. The van der Waals surface area contributed by atoms with E-state index < -0.39 is 0 Å². The number of ether oxygens (including phenoxy) is 1. The van der Waals surface area contributed by atoms with Crippen LogP contribution >= 0.6 is 23.2 Å². The molecule has 1 fully saturated rings. The van der Waals surface area contributed by atoms with Gasteiger partial charge in [0.2, 0.25) is 0 Å². The molecule has 2 heterocycles. The Morgan fingerprint density at radius 3 is 2.95 bits per heavy atom. The van der Waals surface area contributed by atoms with Gasteiger partial charge in [0, 0.05) is 17.7 Å². The minimum Gasteiger partial charge on any atom is -0.375 e. The number of imidazole rings is 1. The Morgan fingerprint density at radius 2 is 2.25 bits per heavy atom. The van der Waals surface area contributed by atoms with Crippen molar-refractivity contribution in [3.63, 3.8) is 0 Å². The second-order valence-electron chi connectivity index (χ2n) is 5.92. The van der Waals surface area contributed by atoms with E-state index in [9.17, 15) is 0 Å². The van der Waals surface area contributed by atoms with E-state index in [1.165, 1.54) is 0 Å². The van der Waals surface area contributed by atoms with Crippen LogP contribution in [0, 0.1) is 0 Å². The number of aromatic nitrogens is 2. The smallest absolute Gasteiger partial charge is 0.125 e. The van der Waals surface area contributed by atoms with Crippen LogP contribution in [0.1, 0.15) is 38.6 Å². The van der Waals surface area contributed by atoms with Crippen LogP contribution in [0.4, 0.5) is 0 Å². The number of benzene rings is 1. The normalized spacial score (nSPS) is 22.3. The van der Waals surface area contributed by atoms with E-state index >= 15 is 0 Å². The van der Waals surface area contributed by atoms with Crippen molar-refractivity contribution in [2.24, 2.45) is 0 Å². The molecular weight excluding hydrogens is 295 g/mol. The molecule has 3 nitrogen and oxygen atoms in total. The van der Waals surface area contributed by atoms with Crippen molar-refractivity contribution in [1.82, 2.24) is 9.55 Å². The molecule has 1 aliphatic heterocycles. The van der Waals surface area contributed by atoms with E-state index in [2.05, 4.69) is 23.4 Å². The van der Waals surface area contributed by atoms with Crippen LogP contribution in [-0.2, 0) is 10.6 Å². The SMILES string of the molecule is CC1(C)CC(n2c(CCl)nc3ccc(Cl)cc32)CCO1. The topological polar surface area (TPSA) is 27.1 Å². The molecule has 0 spiro atoms.